The number of halogens is 1. The number of benzene rings is 1. The molecule has 1 aliphatic heterocycles. The molecule has 1 aromatic heterocycles. The van der Waals surface area contributed by atoms with Gasteiger partial charge in [-0.15, -0.1) is 5.10 Å². The van der Waals surface area contributed by atoms with E-state index in [2.05, 4.69) is 38.4 Å². The molecule has 18 heavy (non-hydrogen) atoms. The summed E-state index contributed by atoms with van der Waals surface area (Å²) in [6, 6.07) is 4.17. The Labute approximate surface area is 113 Å². The molecule has 94 valence electrons. The lowest BCUT2D eigenvalue weighted by molar-refractivity contribution is 0.352. The molecule has 0 spiro atoms. The van der Waals surface area contributed by atoms with Crippen molar-refractivity contribution < 1.29 is 4.74 Å². The Morgan fingerprint density at radius 3 is 3.11 bits per heavy atom. The quantitative estimate of drug-likeness (QED) is 0.933. The molecule has 1 aliphatic rings. The summed E-state index contributed by atoms with van der Waals surface area (Å²) in [5.74, 6) is 0.989. The second-order valence-electron chi connectivity index (χ2n) is 4.26. The minimum absolute atomic E-state index is 0.410. The van der Waals surface area contributed by atoms with Gasteiger partial charge in [-0.05, 0) is 17.7 Å². The van der Waals surface area contributed by atoms with Crippen LogP contribution in [-0.4, -0.2) is 21.6 Å². The first-order valence-electron chi connectivity index (χ1n) is 5.79. The molecule has 5 nitrogen and oxygen atoms in total. The number of ether oxygens (including phenoxy) is 1. The van der Waals surface area contributed by atoms with Crippen molar-refractivity contribution in [2.24, 2.45) is 5.73 Å². The van der Waals surface area contributed by atoms with Crippen LogP contribution >= 0.6 is 15.9 Å². The number of fused-ring (bicyclic) bond motifs is 1. The molecule has 2 N–H and O–H groups in total. The van der Waals surface area contributed by atoms with E-state index in [-0.39, 0.29) is 0 Å². The summed E-state index contributed by atoms with van der Waals surface area (Å²) in [4.78, 5) is 0. The second kappa shape index (κ2) is 4.70. The van der Waals surface area contributed by atoms with Crippen molar-refractivity contribution in [2.45, 2.75) is 19.5 Å². The average Bonchev–Trinajstić information content (AvgIpc) is 2.97. The van der Waals surface area contributed by atoms with Crippen LogP contribution < -0.4 is 10.5 Å². The third-order valence-electron chi connectivity index (χ3n) is 2.95. The first-order chi connectivity index (χ1) is 8.76. The normalized spacial score (nSPS) is 13.4. The Morgan fingerprint density at radius 1 is 1.44 bits per heavy atom. The predicted molar refractivity (Wildman–Crippen MR) is 70.4 cm³/mol. The fourth-order valence-corrected chi connectivity index (χ4v) is 2.70. The van der Waals surface area contributed by atoms with E-state index in [4.69, 9.17) is 10.5 Å². The summed E-state index contributed by atoms with van der Waals surface area (Å²) in [6.07, 6.45) is 2.83. The van der Waals surface area contributed by atoms with Crippen molar-refractivity contribution in [3.8, 4) is 5.75 Å². The number of hydrogen-bond donors (Lipinski definition) is 1. The van der Waals surface area contributed by atoms with Crippen LogP contribution in [0.5, 0.6) is 5.75 Å². The van der Waals surface area contributed by atoms with E-state index in [0.717, 1.165) is 34.5 Å². The summed E-state index contributed by atoms with van der Waals surface area (Å²) in [6.45, 7) is 1.81. The molecule has 6 heteroatoms. The van der Waals surface area contributed by atoms with Gasteiger partial charge in [0.2, 0.25) is 0 Å². The van der Waals surface area contributed by atoms with E-state index in [0.29, 0.717) is 13.1 Å². The third kappa shape index (κ3) is 2.13. The molecule has 3 rings (SSSR count). The third-order valence-corrected chi connectivity index (χ3v) is 3.41. The predicted octanol–water partition coefficient (Wildman–Crippen LogP) is 1.48. The summed E-state index contributed by atoms with van der Waals surface area (Å²) in [5.41, 5.74) is 8.68. The van der Waals surface area contributed by atoms with Crippen molar-refractivity contribution in [1.82, 2.24) is 15.0 Å². The maximum absolute atomic E-state index is 5.68. The molecule has 0 atom stereocenters. The number of nitrogens with two attached hydrogens (primary N) is 1. The van der Waals surface area contributed by atoms with Gasteiger partial charge < -0.3 is 10.5 Å². The summed E-state index contributed by atoms with van der Waals surface area (Å²) in [5, 5.41) is 8.04. The van der Waals surface area contributed by atoms with Crippen LogP contribution in [0.1, 0.15) is 16.8 Å². The highest BCUT2D eigenvalue weighted by atomic mass is 79.9. The Kier molecular flexibility index (Phi) is 3.05. The lowest BCUT2D eigenvalue weighted by Crippen LogP contribution is -2.02. The topological polar surface area (TPSA) is 66.0 Å². The maximum atomic E-state index is 5.68. The Morgan fingerprint density at radius 2 is 2.33 bits per heavy atom. The Hall–Kier alpha value is -1.40. The van der Waals surface area contributed by atoms with Gasteiger partial charge in [-0.3, -0.25) is 0 Å². The van der Waals surface area contributed by atoms with Crippen LogP contribution in [0, 0.1) is 0 Å². The van der Waals surface area contributed by atoms with E-state index in [9.17, 15) is 0 Å². The summed E-state index contributed by atoms with van der Waals surface area (Å²) < 4.78 is 8.54. The van der Waals surface area contributed by atoms with Gasteiger partial charge in [-0.1, -0.05) is 21.1 Å². The lowest BCUT2D eigenvalue weighted by atomic mass is 10.1. The molecular formula is C12H13BrN4O. The smallest absolute Gasteiger partial charge is 0.127 e. The van der Waals surface area contributed by atoms with Gasteiger partial charge in [0.05, 0.1) is 25.0 Å². The molecule has 1 aromatic carbocycles. The molecular weight excluding hydrogens is 296 g/mol. The van der Waals surface area contributed by atoms with E-state index in [1.165, 1.54) is 5.56 Å². The van der Waals surface area contributed by atoms with Crippen molar-refractivity contribution in [3.05, 3.63) is 39.6 Å². The molecule has 2 aromatic rings. The molecule has 2 heterocycles. The summed E-state index contributed by atoms with van der Waals surface area (Å²) in [7, 11) is 0. The number of aromatic nitrogens is 3. The minimum atomic E-state index is 0.410. The van der Waals surface area contributed by atoms with Crippen molar-refractivity contribution in [2.75, 3.05) is 6.61 Å². The van der Waals surface area contributed by atoms with Gasteiger partial charge in [-0.25, -0.2) is 4.68 Å². The zero-order valence-corrected chi connectivity index (χ0v) is 11.4. The Bertz CT molecular complexity index is 581. The molecule has 0 bridgehead atoms. The van der Waals surface area contributed by atoms with E-state index >= 15 is 0 Å². The molecule has 0 amide bonds. The highest BCUT2D eigenvalue weighted by Crippen LogP contribution is 2.33. The number of rotatable bonds is 3. The fraction of sp³-hybridized carbons (Fsp3) is 0.333. The van der Waals surface area contributed by atoms with Gasteiger partial charge in [0.1, 0.15) is 5.75 Å². The van der Waals surface area contributed by atoms with E-state index in [1.54, 1.807) is 4.68 Å². The second-order valence-corrected chi connectivity index (χ2v) is 5.18. The Balaban J connectivity index is 1.92. The van der Waals surface area contributed by atoms with E-state index < -0.39 is 0 Å². The van der Waals surface area contributed by atoms with Gasteiger partial charge in [0.15, 0.2) is 0 Å². The van der Waals surface area contributed by atoms with Gasteiger partial charge >= 0.3 is 0 Å². The molecule has 0 radical (unpaired) electrons. The van der Waals surface area contributed by atoms with Gasteiger partial charge in [-0.2, -0.15) is 0 Å². The zero-order chi connectivity index (χ0) is 12.5. The molecule has 0 fully saturated rings. The van der Waals surface area contributed by atoms with Crippen LogP contribution in [0.15, 0.2) is 22.8 Å². The van der Waals surface area contributed by atoms with Crippen molar-refractivity contribution >= 4 is 15.9 Å². The highest BCUT2D eigenvalue weighted by molar-refractivity contribution is 9.10. The first kappa shape index (κ1) is 11.7. The largest absolute Gasteiger partial charge is 0.493 e. The molecule has 0 saturated carbocycles. The van der Waals surface area contributed by atoms with Crippen LogP contribution in [0.2, 0.25) is 0 Å². The number of nitrogens with zero attached hydrogens (tertiary/aromatic N) is 3. The zero-order valence-electron chi connectivity index (χ0n) is 9.77. The monoisotopic (exact) mass is 308 g/mol. The van der Waals surface area contributed by atoms with Crippen molar-refractivity contribution in [1.29, 1.82) is 0 Å². The SMILES string of the molecule is NCc1cn(Cc2cc(Br)cc3c2OCC3)nn1. The van der Waals surface area contributed by atoms with E-state index in [1.807, 2.05) is 6.20 Å². The summed E-state index contributed by atoms with van der Waals surface area (Å²) >= 11 is 3.53. The fourth-order valence-electron chi connectivity index (χ4n) is 2.15. The average molecular weight is 309 g/mol. The van der Waals surface area contributed by atoms with Gasteiger partial charge in [0, 0.05) is 23.0 Å². The molecule has 0 saturated heterocycles. The highest BCUT2D eigenvalue weighted by Gasteiger charge is 2.17. The standard InChI is InChI=1S/C12H13BrN4O/c13-10-3-8-1-2-18-12(8)9(4-10)6-17-7-11(5-14)15-16-17/h3-4,7H,1-2,5-6,14H2. The van der Waals surface area contributed by atoms with Crippen LogP contribution in [0.4, 0.5) is 0 Å². The molecule has 0 unspecified atom stereocenters. The lowest BCUT2D eigenvalue weighted by Gasteiger charge is -2.08. The first-order valence-corrected chi connectivity index (χ1v) is 6.59. The maximum Gasteiger partial charge on any atom is 0.127 e. The molecule has 0 aliphatic carbocycles. The van der Waals surface area contributed by atoms with Crippen molar-refractivity contribution in [3.63, 3.8) is 0 Å². The van der Waals surface area contributed by atoms with Gasteiger partial charge in [0.25, 0.3) is 0 Å². The van der Waals surface area contributed by atoms with Crippen LogP contribution in [0.25, 0.3) is 0 Å². The number of hydrogen-bond acceptors (Lipinski definition) is 4. The minimum Gasteiger partial charge on any atom is -0.493 e. The van der Waals surface area contributed by atoms with Crippen LogP contribution in [0.3, 0.4) is 0 Å². The van der Waals surface area contributed by atoms with Crippen LogP contribution in [-0.2, 0) is 19.5 Å².